The number of ether oxygens (including phenoxy) is 1. The maximum absolute atomic E-state index is 12.3. The number of aliphatic imine (C=N–C) groups is 1. The molecule has 2 heterocycles. The van der Waals surface area contributed by atoms with Gasteiger partial charge in [0.2, 0.25) is 0 Å². The average Bonchev–Trinajstić information content (AvgIpc) is 3.12. The normalized spacial score (nSPS) is 22.7. The Bertz CT molecular complexity index is 1060. The minimum absolute atomic E-state index is 0.00806. The van der Waals surface area contributed by atoms with Gasteiger partial charge in [-0.15, -0.1) is 0 Å². The number of esters is 1. The molecule has 1 aromatic carbocycles. The van der Waals surface area contributed by atoms with Crippen molar-refractivity contribution >= 4 is 23.7 Å². The number of aliphatic hydroxyl groups excluding tert-OH is 1. The van der Waals surface area contributed by atoms with Crippen LogP contribution in [0.5, 0.6) is 0 Å². The Kier molecular flexibility index (Phi) is 6.02. The summed E-state index contributed by atoms with van der Waals surface area (Å²) in [6.45, 7) is 5.49. The predicted molar refractivity (Wildman–Crippen MR) is 121 cm³/mol. The summed E-state index contributed by atoms with van der Waals surface area (Å²) in [4.78, 5) is 16.4. The lowest BCUT2D eigenvalue weighted by Gasteiger charge is -2.28. The van der Waals surface area contributed by atoms with Crippen molar-refractivity contribution in [3.05, 3.63) is 41.1 Å². The van der Waals surface area contributed by atoms with E-state index in [0.717, 1.165) is 37.1 Å². The van der Waals surface area contributed by atoms with E-state index in [0.29, 0.717) is 23.4 Å². The van der Waals surface area contributed by atoms with Crippen molar-refractivity contribution in [2.45, 2.75) is 70.7 Å². The van der Waals surface area contributed by atoms with Gasteiger partial charge in [0, 0.05) is 18.3 Å². The lowest BCUT2D eigenvalue weighted by molar-refractivity contribution is 0.00695. The van der Waals surface area contributed by atoms with Crippen molar-refractivity contribution in [2.75, 3.05) is 5.32 Å². The standard InChI is InChI=1S/C24H29N5O3/c1-24(2,3)32-23(31)15-8-10-17(11-9-15)27-21-20-19(12-13-26-22(20)30)29(28-21)18-7-5-4-6-16(18)14-25/h8-11,13,16,18,22,30H,4-7,12H2,1-3H3,(H,27,28). The van der Waals surface area contributed by atoms with Crippen molar-refractivity contribution in [1.82, 2.24) is 9.78 Å². The van der Waals surface area contributed by atoms with Crippen LogP contribution in [0.3, 0.4) is 0 Å². The molecule has 2 N–H and O–H groups in total. The molecule has 8 nitrogen and oxygen atoms in total. The third kappa shape index (κ3) is 4.53. The van der Waals surface area contributed by atoms with Gasteiger partial charge in [-0.3, -0.25) is 9.67 Å². The number of benzene rings is 1. The highest BCUT2D eigenvalue weighted by Crippen LogP contribution is 2.39. The first-order chi connectivity index (χ1) is 15.3. The van der Waals surface area contributed by atoms with Crippen LogP contribution < -0.4 is 5.32 Å². The molecule has 3 atom stereocenters. The molecule has 168 valence electrons. The monoisotopic (exact) mass is 435 g/mol. The zero-order valence-electron chi connectivity index (χ0n) is 18.7. The number of hydrogen-bond donors (Lipinski definition) is 2. The average molecular weight is 436 g/mol. The number of hydrogen-bond acceptors (Lipinski definition) is 7. The first-order valence-corrected chi connectivity index (χ1v) is 11.1. The SMILES string of the molecule is CC(C)(C)OC(=O)c1ccc(Nc2nn(C3CCCCC3C#N)c3c2C(O)N=CC3)cc1. The van der Waals surface area contributed by atoms with E-state index in [9.17, 15) is 15.2 Å². The van der Waals surface area contributed by atoms with Crippen LogP contribution in [0, 0.1) is 17.2 Å². The molecule has 0 saturated heterocycles. The lowest BCUT2D eigenvalue weighted by atomic mass is 9.85. The number of fused-ring (bicyclic) bond motifs is 1. The Morgan fingerprint density at radius 2 is 1.97 bits per heavy atom. The fraction of sp³-hybridized carbons (Fsp3) is 0.500. The van der Waals surface area contributed by atoms with Gasteiger partial charge < -0.3 is 15.2 Å². The van der Waals surface area contributed by atoms with Crippen LogP contribution in [0.4, 0.5) is 11.5 Å². The Morgan fingerprint density at radius 3 is 2.66 bits per heavy atom. The van der Waals surface area contributed by atoms with Crippen LogP contribution in [-0.4, -0.2) is 32.7 Å². The van der Waals surface area contributed by atoms with Gasteiger partial charge in [-0.2, -0.15) is 10.4 Å². The Balaban J connectivity index is 1.61. The summed E-state index contributed by atoms with van der Waals surface area (Å²) >= 11 is 0. The molecule has 1 aliphatic carbocycles. The largest absolute Gasteiger partial charge is 0.456 e. The molecule has 1 fully saturated rings. The number of carbonyl (C=O) groups is 1. The Morgan fingerprint density at radius 1 is 1.25 bits per heavy atom. The second kappa shape index (κ2) is 8.75. The van der Waals surface area contributed by atoms with Crippen molar-refractivity contribution in [1.29, 1.82) is 5.26 Å². The van der Waals surface area contributed by atoms with E-state index in [1.807, 2.05) is 25.5 Å². The number of aliphatic hydroxyl groups is 1. The predicted octanol–water partition coefficient (Wildman–Crippen LogP) is 4.45. The summed E-state index contributed by atoms with van der Waals surface area (Å²) in [5.74, 6) is 0.0525. The highest BCUT2D eigenvalue weighted by atomic mass is 16.6. The van der Waals surface area contributed by atoms with Gasteiger partial charge in [-0.25, -0.2) is 4.79 Å². The summed E-state index contributed by atoms with van der Waals surface area (Å²) < 4.78 is 7.34. The van der Waals surface area contributed by atoms with Gasteiger partial charge in [-0.05, 0) is 57.9 Å². The number of nitrogens with one attached hydrogen (secondary N) is 1. The van der Waals surface area contributed by atoms with Crippen LogP contribution in [0.15, 0.2) is 29.3 Å². The van der Waals surface area contributed by atoms with Gasteiger partial charge in [0.25, 0.3) is 0 Å². The number of rotatable bonds is 4. The van der Waals surface area contributed by atoms with Crippen LogP contribution in [0.2, 0.25) is 0 Å². The van der Waals surface area contributed by atoms with E-state index >= 15 is 0 Å². The quantitative estimate of drug-likeness (QED) is 0.686. The van der Waals surface area contributed by atoms with Crippen molar-refractivity contribution in [3.63, 3.8) is 0 Å². The van der Waals surface area contributed by atoms with E-state index in [1.54, 1.807) is 30.5 Å². The molecule has 8 heteroatoms. The van der Waals surface area contributed by atoms with Crippen LogP contribution in [0.25, 0.3) is 0 Å². The Hall–Kier alpha value is -3.18. The molecule has 0 radical (unpaired) electrons. The van der Waals surface area contributed by atoms with Gasteiger partial charge in [0.05, 0.1) is 34.8 Å². The molecule has 4 rings (SSSR count). The van der Waals surface area contributed by atoms with Gasteiger partial charge in [0.1, 0.15) is 5.60 Å². The number of carbonyl (C=O) groups excluding carboxylic acids is 1. The topological polar surface area (TPSA) is 113 Å². The molecule has 0 spiro atoms. The van der Waals surface area contributed by atoms with Crippen molar-refractivity contribution < 1.29 is 14.6 Å². The molecule has 2 aliphatic rings. The molecule has 1 aromatic heterocycles. The second-order valence-corrected chi connectivity index (χ2v) is 9.35. The van der Waals surface area contributed by atoms with Crippen LogP contribution in [-0.2, 0) is 11.2 Å². The summed E-state index contributed by atoms with van der Waals surface area (Å²) in [5, 5.41) is 28.3. The number of aromatic nitrogens is 2. The zero-order chi connectivity index (χ0) is 22.9. The second-order valence-electron chi connectivity index (χ2n) is 9.35. The maximum atomic E-state index is 12.3. The zero-order valence-corrected chi connectivity index (χ0v) is 18.7. The summed E-state index contributed by atoms with van der Waals surface area (Å²) in [5.41, 5.74) is 2.17. The summed E-state index contributed by atoms with van der Waals surface area (Å²) in [6, 6.07) is 9.38. The molecule has 3 unspecified atom stereocenters. The molecule has 2 aromatic rings. The molecule has 0 bridgehead atoms. The van der Waals surface area contributed by atoms with E-state index in [1.165, 1.54) is 0 Å². The minimum Gasteiger partial charge on any atom is -0.456 e. The molecular formula is C24H29N5O3. The van der Waals surface area contributed by atoms with E-state index in [2.05, 4.69) is 16.4 Å². The van der Waals surface area contributed by atoms with Crippen LogP contribution >= 0.6 is 0 Å². The molecular weight excluding hydrogens is 406 g/mol. The minimum atomic E-state index is -1.000. The van der Waals surface area contributed by atoms with Crippen molar-refractivity contribution in [2.24, 2.45) is 10.9 Å². The summed E-state index contributed by atoms with van der Waals surface area (Å²) in [6.07, 6.45) is 5.13. The number of anilines is 2. The first-order valence-electron chi connectivity index (χ1n) is 11.1. The van der Waals surface area contributed by atoms with Gasteiger partial charge >= 0.3 is 5.97 Å². The van der Waals surface area contributed by atoms with E-state index < -0.39 is 11.8 Å². The molecule has 32 heavy (non-hydrogen) atoms. The third-order valence-corrected chi connectivity index (χ3v) is 5.83. The number of nitrogens with zero attached hydrogens (tertiary/aromatic N) is 4. The fourth-order valence-electron chi connectivity index (χ4n) is 4.36. The van der Waals surface area contributed by atoms with Gasteiger partial charge in [0.15, 0.2) is 12.0 Å². The Labute approximate surface area is 187 Å². The fourth-order valence-corrected chi connectivity index (χ4v) is 4.36. The number of nitriles is 1. The van der Waals surface area contributed by atoms with Gasteiger partial charge in [-0.1, -0.05) is 12.8 Å². The van der Waals surface area contributed by atoms with Crippen molar-refractivity contribution in [3.8, 4) is 6.07 Å². The first kappa shape index (κ1) is 22.0. The van der Waals surface area contributed by atoms with E-state index in [4.69, 9.17) is 9.84 Å². The molecule has 0 amide bonds. The summed E-state index contributed by atoms with van der Waals surface area (Å²) in [7, 11) is 0. The lowest BCUT2D eigenvalue weighted by Crippen LogP contribution is -2.25. The van der Waals surface area contributed by atoms with Crippen LogP contribution in [0.1, 0.15) is 80.3 Å². The maximum Gasteiger partial charge on any atom is 0.338 e. The molecule has 1 aliphatic heterocycles. The highest BCUT2D eigenvalue weighted by Gasteiger charge is 2.33. The smallest absolute Gasteiger partial charge is 0.338 e. The molecule has 1 saturated carbocycles. The highest BCUT2D eigenvalue weighted by molar-refractivity contribution is 5.90. The third-order valence-electron chi connectivity index (χ3n) is 5.83. The van der Waals surface area contributed by atoms with E-state index in [-0.39, 0.29) is 17.9 Å².